The number of carbonyl (C=O) groups excluding carboxylic acids is 2. The molecule has 0 bridgehead atoms. The minimum absolute atomic E-state index is 0.0758. The van der Waals surface area contributed by atoms with Crippen molar-refractivity contribution in [1.82, 2.24) is 10.2 Å². The number of nitrogens with one attached hydrogen (secondary N) is 1. The van der Waals surface area contributed by atoms with Crippen molar-refractivity contribution in [3.05, 3.63) is 130 Å². The van der Waals surface area contributed by atoms with Gasteiger partial charge >= 0.3 is 0 Å². The van der Waals surface area contributed by atoms with Crippen LogP contribution in [0.25, 0.3) is 0 Å². The second kappa shape index (κ2) is 15.4. The van der Waals surface area contributed by atoms with Crippen LogP contribution in [0.15, 0.2) is 112 Å². The monoisotopic (exact) mass is 689 g/mol. The van der Waals surface area contributed by atoms with Crippen LogP contribution in [0.3, 0.4) is 0 Å². The summed E-state index contributed by atoms with van der Waals surface area (Å²) in [5.41, 5.74) is 3.79. The maximum Gasteiger partial charge on any atom is 0.264 e. The maximum absolute atomic E-state index is 14.6. The maximum atomic E-state index is 14.6. The summed E-state index contributed by atoms with van der Waals surface area (Å²) in [7, 11) is -4.15. The van der Waals surface area contributed by atoms with Crippen LogP contribution in [0, 0.1) is 19.8 Å². The summed E-state index contributed by atoms with van der Waals surface area (Å²) in [6.45, 7) is 7.84. The van der Waals surface area contributed by atoms with Crippen molar-refractivity contribution in [3.63, 3.8) is 0 Å². The number of sulfonamides is 1. The van der Waals surface area contributed by atoms with Crippen molar-refractivity contribution in [3.8, 4) is 0 Å². The molecule has 0 radical (unpaired) electrons. The van der Waals surface area contributed by atoms with Gasteiger partial charge in [0, 0.05) is 24.0 Å². The molecule has 0 aliphatic rings. The fourth-order valence-corrected chi connectivity index (χ4v) is 7.07. The van der Waals surface area contributed by atoms with Gasteiger partial charge in [0.1, 0.15) is 12.6 Å². The van der Waals surface area contributed by atoms with Gasteiger partial charge in [-0.2, -0.15) is 0 Å². The molecule has 0 saturated heterocycles. The molecule has 2 amide bonds. The van der Waals surface area contributed by atoms with E-state index in [1.807, 2.05) is 94.4 Å². The Balaban J connectivity index is 1.82. The van der Waals surface area contributed by atoms with Crippen molar-refractivity contribution in [1.29, 1.82) is 0 Å². The Bertz CT molecular complexity index is 1710. The van der Waals surface area contributed by atoms with Gasteiger partial charge in [-0.15, -0.1) is 0 Å². The molecule has 45 heavy (non-hydrogen) atoms. The molecular formula is C36H40BrN3O4S. The van der Waals surface area contributed by atoms with Gasteiger partial charge < -0.3 is 10.2 Å². The van der Waals surface area contributed by atoms with E-state index in [0.29, 0.717) is 12.2 Å². The first-order valence-electron chi connectivity index (χ1n) is 15.0. The third-order valence-corrected chi connectivity index (χ3v) is 9.70. The lowest BCUT2D eigenvalue weighted by molar-refractivity contribution is -0.140. The highest BCUT2D eigenvalue weighted by Crippen LogP contribution is 2.28. The predicted molar refractivity (Wildman–Crippen MR) is 183 cm³/mol. The molecule has 4 aromatic rings. The topological polar surface area (TPSA) is 86.8 Å². The molecule has 0 saturated carbocycles. The first-order valence-corrected chi connectivity index (χ1v) is 17.2. The van der Waals surface area contributed by atoms with Crippen molar-refractivity contribution in [2.75, 3.05) is 17.4 Å². The van der Waals surface area contributed by atoms with Crippen molar-refractivity contribution in [2.45, 2.75) is 51.6 Å². The summed E-state index contributed by atoms with van der Waals surface area (Å²) in [5, 5.41) is 3.02. The molecule has 0 fully saturated rings. The van der Waals surface area contributed by atoms with Gasteiger partial charge in [0.15, 0.2) is 0 Å². The average Bonchev–Trinajstić information content (AvgIpc) is 3.01. The standard InChI is InChI=1S/C36H40BrN3O4S/c1-26(2)23-38-36(42)34(22-29-12-7-5-8-13-29)39(24-30-14-11-15-31(37)21-30)35(41)25-40(33-19-18-27(3)20-28(33)4)45(43,44)32-16-9-6-10-17-32/h5-21,26,34H,22-25H2,1-4H3,(H,38,42). The minimum atomic E-state index is -4.15. The summed E-state index contributed by atoms with van der Waals surface area (Å²) in [5.74, 6) is -0.577. The summed E-state index contributed by atoms with van der Waals surface area (Å²) in [6.07, 6.45) is 0.263. The van der Waals surface area contributed by atoms with Gasteiger partial charge in [0.2, 0.25) is 11.8 Å². The Morgan fingerprint density at radius 1 is 0.822 bits per heavy atom. The molecule has 4 rings (SSSR count). The number of nitrogens with zero attached hydrogens (tertiary/aromatic N) is 2. The van der Waals surface area contributed by atoms with E-state index in [-0.39, 0.29) is 29.7 Å². The van der Waals surface area contributed by atoms with Crippen LogP contribution in [0.4, 0.5) is 5.69 Å². The number of halogens is 1. The van der Waals surface area contributed by atoms with E-state index in [4.69, 9.17) is 0 Å². The first-order chi connectivity index (χ1) is 21.5. The molecule has 1 N–H and O–H groups in total. The Hall–Kier alpha value is -3.95. The van der Waals surface area contributed by atoms with E-state index in [1.54, 1.807) is 24.3 Å². The lowest BCUT2D eigenvalue weighted by Crippen LogP contribution is -2.53. The summed E-state index contributed by atoms with van der Waals surface area (Å²) < 4.78 is 30.3. The van der Waals surface area contributed by atoms with Gasteiger partial charge in [-0.3, -0.25) is 13.9 Å². The highest BCUT2D eigenvalue weighted by Gasteiger charge is 2.35. The molecule has 7 nitrogen and oxygen atoms in total. The van der Waals surface area contributed by atoms with E-state index in [0.717, 1.165) is 26.7 Å². The van der Waals surface area contributed by atoms with Crippen LogP contribution in [-0.4, -0.2) is 44.3 Å². The molecular weight excluding hydrogens is 650 g/mol. The molecule has 236 valence electrons. The second-order valence-corrected chi connectivity index (χ2v) is 14.4. The zero-order valence-corrected chi connectivity index (χ0v) is 28.5. The zero-order chi connectivity index (χ0) is 32.6. The first kappa shape index (κ1) is 33.9. The van der Waals surface area contributed by atoms with Gasteiger partial charge in [-0.05, 0) is 66.8 Å². The number of hydrogen-bond donors (Lipinski definition) is 1. The number of rotatable bonds is 13. The second-order valence-electron chi connectivity index (χ2n) is 11.6. The lowest BCUT2D eigenvalue weighted by Gasteiger charge is -2.34. The molecule has 1 unspecified atom stereocenters. The Morgan fingerprint density at radius 3 is 2.09 bits per heavy atom. The highest BCUT2D eigenvalue weighted by atomic mass is 79.9. The van der Waals surface area contributed by atoms with Gasteiger partial charge in [-0.1, -0.05) is 108 Å². The van der Waals surface area contributed by atoms with Crippen molar-refractivity contribution in [2.24, 2.45) is 5.92 Å². The van der Waals surface area contributed by atoms with Crippen LogP contribution in [0.1, 0.15) is 36.1 Å². The Kier molecular flexibility index (Phi) is 11.6. The third kappa shape index (κ3) is 9.05. The average molecular weight is 691 g/mol. The molecule has 0 aliphatic carbocycles. The largest absolute Gasteiger partial charge is 0.354 e. The third-order valence-electron chi connectivity index (χ3n) is 7.43. The summed E-state index contributed by atoms with van der Waals surface area (Å²) in [4.78, 5) is 30.0. The predicted octanol–water partition coefficient (Wildman–Crippen LogP) is 6.67. The van der Waals surface area contributed by atoms with Gasteiger partial charge in [0.05, 0.1) is 10.6 Å². The SMILES string of the molecule is Cc1ccc(N(CC(=O)N(Cc2cccc(Br)c2)C(Cc2ccccc2)C(=O)NCC(C)C)S(=O)(=O)c2ccccc2)c(C)c1. The summed E-state index contributed by atoms with van der Waals surface area (Å²) in [6, 6.07) is 29.7. The minimum Gasteiger partial charge on any atom is -0.354 e. The van der Waals surface area contributed by atoms with Gasteiger partial charge in [0.25, 0.3) is 10.0 Å². The van der Waals surface area contributed by atoms with E-state index in [2.05, 4.69) is 21.2 Å². The van der Waals surface area contributed by atoms with Crippen molar-refractivity contribution >= 4 is 43.5 Å². The fourth-order valence-electron chi connectivity index (χ4n) is 5.13. The molecule has 9 heteroatoms. The van der Waals surface area contributed by atoms with Crippen LogP contribution >= 0.6 is 15.9 Å². The molecule has 1 atom stereocenters. The number of anilines is 1. The van der Waals surface area contributed by atoms with E-state index in [9.17, 15) is 18.0 Å². The zero-order valence-electron chi connectivity index (χ0n) is 26.1. The number of amides is 2. The van der Waals surface area contributed by atoms with E-state index >= 15 is 0 Å². The molecule has 0 aliphatic heterocycles. The quantitative estimate of drug-likeness (QED) is 0.170. The normalized spacial score (nSPS) is 12.0. The number of aryl methyl sites for hydroxylation is 2. The van der Waals surface area contributed by atoms with Crippen molar-refractivity contribution < 1.29 is 18.0 Å². The fraction of sp³-hybridized carbons (Fsp3) is 0.278. The number of carbonyl (C=O) groups is 2. The summed E-state index contributed by atoms with van der Waals surface area (Å²) >= 11 is 3.52. The number of hydrogen-bond acceptors (Lipinski definition) is 4. The Morgan fingerprint density at radius 2 is 1.47 bits per heavy atom. The van der Waals surface area contributed by atoms with Crippen LogP contribution in [0.2, 0.25) is 0 Å². The van der Waals surface area contributed by atoms with Gasteiger partial charge in [-0.25, -0.2) is 8.42 Å². The van der Waals surface area contributed by atoms with Crippen LogP contribution in [0.5, 0.6) is 0 Å². The lowest BCUT2D eigenvalue weighted by atomic mass is 10.0. The molecule has 4 aromatic carbocycles. The smallest absolute Gasteiger partial charge is 0.264 e. The van der Waals surface area contributed by atoms with E-state index < -0.39 is 28.5 Å². The molecule has 0 heterocycles. The molecule has 0 spiro atoms. The van der Waals surface area contributed by atoms with E-state index in [1.165, 1.54) is 21.3 Å². The van der Waals surface area contributed by atoms with Crippen LogP contribution < -0.4 is 9.62 Å². The highest BCUT2D eigenvalue weighted by molar-refractivity contribution is 9.10. The van der Waals surface area contributed by atoms with Crippen LogP contribution in [-0.2, 0) is 32.6 Å². The molecule has 0 aromatic heterocycles. The Labute approximate surface area is 275 Å². The number of benzene rings is 4.